The number of carboxylic acids is 1. The van der Waals surface area contributed by atoms with Gasteiger partial charge >= 0.3 is 18.2 Å². The zero-order valence-electron chi connectivity index (χ0n) is 16.6. The average Bonchev–Trinajstić information content (AvgIpc) is 2.76. The first-order chi connectivity index (χ1) is 14.5. The van der Waals surface area contributed by atoms with Crippen LogP contribution in [0.25, 0.3) is 0 Å². The molecule has 0 aliphatic heterocycles. The van der Waals surface area contributed by atoms with Gasteiger partial charge in [-0.1, -0.05) is 60.7 Å². The Balaban J connectivity index is 2.12. The topological polar surface area (TPSA) is 119 Å². The van der Waals surface area contributed by atoms with E-state index < -0.39 is 24.2 Å². The molecular formula is C22H26N2O6. The normalized spacial score (nSPS) is 11.4. The molecule has 30 heavy (non-hydrogen) atoms. The van der Waals surface area contributed by atoms with E-state index in [-0.39, 0.29) is 19.6 Å². The van der Waals surface area contributed by atoms with Crippen molar-refractivity contribution in [1.29, 1.82) is 0 Å². The van der Waals surface area contributed by atoms with E-state index in [2.05, 4.69) is 0 Å². The van der Waals surface area contributed by atoms with Gasteiger partial charge in [-0.25, -0.2) is 14.4 Å². The number of nitrogens with two attached hydrogens (primary N) is 1. The summed E-state index contributed by atoms with van der Waals surface area (Å²) in [5.41, 5.74) is 6.88. The number of hydrogen-bond acceptors (Lipinski definition) is 6. The van der Waals surface area contributed by atoms with Crippen molar-refractivity contribution in [3.05, 3.63) is 71.8 Å². The predicted molar refractivity (Wildman–Crippen MR) is 109 cm³/mol. The van der Waals surface area contributed by atoms with Gasteiger partial charge in [0.25, 0.3) is 0 Å². The van der Waals surface area contributed by atoms with Gasteiger partial charge in [0.05, 0.1) is 0 Å². The molecule has 0 heterocycles. The molecule has 0 saturated carbocycles. The van der Waals surface area contributed by atoms with E-state index in [9.17, 15) is 19.5 Å². The van der Waals surface area contributed by atoms with Gasteiger partial charge in [0.1, 0.15) is 19.3 Å². The highest BCUT2D eigenvalue weighted by Gasteiger charge is 2.37. The molecule has 0 spiro atoms. The van der Waals surface area contributed by atoms with Crippen molar-refractivity contribution in [2.45, 2.75) is 38.5 Å². The number of aliphatic carboxylic acids is 1. The minimum absolute atomic E-state index is 0.0490. The van der Waals surface area contributed by atoms with Crippen molar-refractivity contribution >= 4 is 18.2 Å². The molecule has 0 fully saturated rings. The third-order valence-electron chi connectivity index (χ3n) is 4.33. The maximum atomic E-state index is 12.7. The SMILES string of the molecule is NCCCC[C@H](C(=O)O)N(C(=O)OCc1ccccc1)C(=O)OCc1ccccc1. The van der Waals surface area contributed by atoms with Crippen LogP contribution < -0.4 is 5.73 Å². The van der Waals surface area contributed by atoms with Crippen molar-refractivity contribution in [2.75, 3.05) is 6.54 Å². The Morgan fingerprint density at radius 2 is 1.30 bits per heavy atom. The number of carboxylic acid groups (broad SMARTS) is 1. The second kappa shape index (κ2) is 12.2. The van der Waals surface area contributed by atoms with Crippen LogP contribution in [0.4, 0.5) is 9.59 Å². The lowest BCUT2D eigenvalue weighted by Gasteiger charge is -2.26. The summed E-state index contributed by atoms with van der Waals surface area (Å²) >= 11 is 0. The van der Waals surface area contributed by atoms with Crippen LogP contribution in [0.15, 0.2) is 60.7 Å². The lowest BCUT2D eigenvalue weighted by atomic mass is 10.1. The molecule has 0 aliphatic rings. The second-order valence-electron chi connectivity index (χ2n) is 6.59. The first kappa shape index (κ1) is 22.9. The molecule has 2 aromatic rings. The molecule has 0 unspecified atom stereocenters. The molecule has 0 bridgehead atoms. The number of hydrogen-bond donors (Lipinski definition) is 2. The summed E-state index contributed by atoms with van der Waals surface area (Å²) in [6, 6.07) is 16.3. The maximum Gasteiger partial charge on any atom is 0.420 e. The lowest BCUT2D eigenvalue weighted by Crippen LogP contribution is -2.49. The first-order valence-electron chi connectivity index (χ1n) is 9.66. The Morgan fingerprint density at radius 1 is 0.833 bits per heavy atom. The monoisotopic (exact) mass is 414 g/mol. The molecule has 8 nitrogen and oxygen atoms in total. The number of nitrogens with zero attached hydrogens (tertiary/aromatic N) is 1. The number of rotatable bonds is 10. The van der Waals surface area contributed by atoms with Gasteiger partial charge in [-0.3, -0.25) is 0 Å². The van der Waals surface area contributed by atoms with Crippen LogP contribution in [0.2, 0.25) is 0 Å². The smallest absolute Gasteiger partial charge is 0.420 e. The summed E-state index contributed by atoms with van der Waals surface area (Å²) in [6.07, 6.45) is -1.10. The molecule has 3 N–H and O–H groups in total. The molecule has 0 aliphatic carbocycles. The van der Waals surface area contributed by atoms with E-state index in [1.165, 1.54) is 0 Å². The predicted octanol–water partition coefficient (Wildman–Crippen LogP) is 3.54. The Labute approximate surface area is 175 Å². The number of carbonyl (C=O) groups is 3. The maximum absolute atomic E-state index is 12.7. The third-order valence-corrected chi connectivity index (χ3v) is 4.33. The molecule has 1 atom stereocenters. The van der Waals surface area contributed by atoms with Gasteiger partial charge in [0, 0.05) is 0 Å². The zero-order chi connectivity index (χ0) is 21.8. The largest absolute Gasteiger partial charge is 0.480 e. The van der Waals surface area contributed by atoms with Crippen LogP contribution in [0.1, 0.15) is 30.4 Å². The quantitative estimate of drug-likeness (QED) is 0.571. The van der Waals surface area contributed by atoms with Crippen LogP contribution in [0, 0.1) is 0 Å². The number of unbranched alkanes of at least 4 members (excludes halogenated alkanes) is 1. The molecule has 8 heteroatoms. The zero-order valence-corrected chi connectivity index (χ0v) is 16.6. The highest BCUT2D eigenvalue weighted by molar-refractivity contribution is 5.93. The van der Waals surface area contributed by atoms with Crippen LogP contribution >= 0.6 is 0 Å². The molecular weight excluding hydrogens is 388 g/mol. The Morgan fingerprint density at radius 3 is 1.70 bits per heavy atom. The summed E-state index contributed by atoms with van der Waals surface area (Å²) in [4.78, 5) is 37.7. The van der Waals surface area contributed by atoms with E-state index >= 15 is 0 Å². The van der Waals surface area contributed by atoms with E-state index in [4.69, 9.17) is 15.2 Å². The average molecular weight is 414 g/mol. The molecule has 0 saturated heterocycles. The highest BCUT2D eigenvalue weighted by Crippen LogP contribution is 2.15. The molecule has 0 radical (unpaired) electrons. The van der Waals surface area contributed by atoms with Crippen LogP contribution in [0.3, 0.4) is 0 Å². The van der Waals surface area contributed by atoms with Gasteiger partial charge in [0.15, 0.2) is 0 Å². The molecule has 0 aromatic heterocycles. The fourth-order valence-corrected chi connectivity index (χ4v) is 2.75. The summed E-state index contributed by atoms with van der Waals surface area (Å²) in [5.74, 6) is -1.32. The summed E-state index contributed by atoms with van der Waals surface area (Å²) in [6.45, 7) is 0.178. The molecule has 2 amide bonds. The van der Waals surface area contributed by atoms with Gasteiger partial charge < -0.3 is 20.3 Å². The van der Waals surface area contributed by atoms with Crippen molar-refractivity contribution in [2.24, 2.45) is 5.73 Å². The fourth-order valence-electron chi connectivity index (χ4n) is 2.75. The minimum Gasteiger partial charge on any atom is -0.480 e. The summed E-state index contributed by atoms with van der Waals surface area (Å²) < 4.78 is 10.4. The van der Waals surface area contributed by atoms with Crippen molar-refractivity contribution in [3.8, 4) is 0 Å². The van der Waals surface area contributed by atoms with E-state index in [1.807, 2.05) is 12.1 Å². The Hall–Kier alpha value is -3.39. The van der Waals surface area contributed by atoms with E-state index in [0.717, 1.165) is 0 Å². The van der Waals surface area contributed by atoms with Gasteiger partial charge in [-0.15, -0.1) is 0 Å². The van der Waals surface area contributed by atoms with Crippen LogP contribution in [-0.4, -0.2) is 40.7 Å². The fraction of sp³-hybridized carbons (Fsp3) is 0.318. The van der Waals surface area contributed by atoms with E-state index in [0.29, 0.717) is 35.4 Å². The van der Waals surface area contributed by atoms with E-state index in [1.54, 1.807) is 48.5 Å². The number of imide groups is 1. The van der Waals surface area contributed by atoms with Gasteiger partial charge in [-0.2, -0.15) is 4.90 Å². The number of amides is 2. The summed E-state index contributed by atoms with van der Waals surface area (Å²) in [7, 11) is 0. The highest BCUT2D eigenvalue weighted by atomic mass is 16.6. The van der Waals surface area contributed by atoms with Gasteiger partial charge in [-0.05, 0) is 36.9 Å². The van der Waals surface area contributed by atoms with Gasteiger partial charge in [0.2, 0.25) is 0 Å². The van der Waals surface area contributed by atoms with Crippen molar-refractivity contribution < 1.29 is 29.0 Å². The molecule has 2 aromatic carbocycles. The van der Waals surface area contributed by atoms with Crippen molar-refractivity contribution in [1.82, 2.24) is 4.90 Å². The molecule has 160 valence electrons. The standard InChI is InChI=1S/C22H26N2O6/c23-14-8-7-13-19(20(25)26)24(21(27)29-15-17-9-3-1-4-10-17)22(28)30-16-18-11-5-2-6-12-18/h1-6,9-12,19H,7-8,13-16,23H2,(H,25,26)/t19-/m1/s1. The third kappa shape index (κ3) is 7.21. The van der Waals surface area contributed by atoms with Crippen LogP contribution in [0.5, 0.6) is 0 Å². The minimum atomic E-state index is -1.41. The Kier molecular flexibility index (Phi) is 9.33. The first-order valence-corrected chi connectivity index (χ1v) is 9.66. The Bertz CT molecular complexity index is 757. The van der Waals surface area contributed by atoms with Crippen LogP contribution in [-0.2, 0) is 27.5 Å². The summed E-state index contributed by atoms with van der Waals surface area (Å²) in [5, 5.41) is 9.62. The lowest BCUT2D eigenvalue weighted by molar-refractivity contribution is -0.142. The second-order valence-corrected chi connectivity index (χ2v) is 6.59. The number of ether oxygens (including phenoxy) is 2. The van der Waals surface area contributed by atoms with Crippen molar-refractivity contribution in [3.63, 3.8) is 0 Å². The number of carbonyl (C=O) groups excluding carboxylic acids is 2. The number of benzene rings is 2. The molecule has 2 rings (SSSR count).